The van der Waals surface area contributed by atoms with E-state index in [-0.39, 0.29) is 12.3 Å². The van der Waals surface area contributed by atoms with Crippen molar-refractivity contribution >= 4 is 17.9 Å². The van der Waals surface area contributed by atoms with E-state index in [4.69, 9.17) is 9.47 Å². The molecule has 0 unspecified atom stereocenters. The van der Waals surface area contributed by atoms with Crippen molar-refractivity contribution in [2.24, 2.45) is 5.92 Å². The van der Waals surface area contributed by atoms with E-state index >= 15 is 0 Å². The van der Waals surface area contributed by atoms with Crippen LogP contribution in [0, 0.1) is 5.92 Å². The number of hydrogen-bond acceptors (Lipinski definition) is 5. The third-order valence-electron chi connectivity index (χ3n) is 5.29. The number of carbonyl (C=O) groups is 3. The van der Waals surface area contributed by atoms with E-state index in [9.17, 15) is 14.4 Å². The van der Waals surface area contributed by atoms with Gasteiger partial charge in [0.2, 0.25) is 5.91 Å². The Morgan fingerprint density at radius 1 is 0.865 bits per heavy atom. The molecule has 8 nitrogen and oxygen atoms in total. The molecule has 3 amide bonds. The van der Waals surface area contributed by atoms with Crippen LogP contribution in [0.5, 0.6) is 5.75 Å². The number of urea groups is 1. The predicted octanol–water partition coefficient (Wildman–Crippen LogP) is 4.37. The van der Waals surface area contributed by atoms with Crippen LogP contribution in [0.25, 0.3) is 0 Å². The molecule has 0 saturated heterocycles. The number of carbonyl (C=O) groups excluding carboxylic acids is 3. The summed E-state index contributed by atoms with van der Waals surface area (Å²) < 4.78 is 11.4. The highest BCUT2D eigenvalue weighted by Gasteiger charge is 2.30. The van der Waals surface area contributed by atoms with E-state index in [2.05, 4.69) is 16.0 Å². The van der Waals surface area contributed by atoms with Crippen LogP contribution in [0.15, 0.2) is 54.6 Å². The molecule has 0 aliphatic rings. The van der Waals surface area contributed by atoms with Crippen molar-refractivity contribution in [2.75, 3.05) is 6.54 Å². The van der Waals surface area contributed by atoms with E-state index < -0.39 is 35.6 Å². The lowest BCUT2D eigenvalue weighted by atomic mass is 10.0. The average Bonchev–Trinajstić information content (AvgIpc) is 2.82. The maximum atomic E-state index is 13.2. The lowest BCUT2D eigenvalue weighted by Gasteiger charge is -2.27. The monoisotopic (exact) mass is 511 g/mol. The molecule has 2 aromatic carbocycles. The van der Waals surface area contributed by atoms with Gasteiger partial charge in [0.25, 0.3) is 0 Å². The van der Waals surface area contributed by atoms with Crippen molar-refractivity contribution in [3.8, 4) is 5.75 Å². The first-order chi connectivity index (χ1) is 17.5. The summed E-state index contributed by atoms with van der Waals surface area (Å²) in [5.41, 5.74) is 1.18. The number of esters is 1. The summed E-state index contributed by atoms with van der Waals surface area (Å²) in [5, 5.41) is 8.17. The molecular weight excluding hydrogens is 470 g/mol. The SMILES string of the molecule is CCNC(=O)N[C@@H](CC(C)C)C(=O)N[C@@H](Cc1ccc(OCc2ccccc2)cc1)C(=O)OC(C)(C)C. The van der Waals surface area contributed by atoms with E-state index in [1.54, 1.807) is 27.7 Å². The van der Waals surface area contributed by atoms with Gasteiger partial charge < -0.3 is 25.4 Å². The molecule has 2 aromatic rings. The zero-order valence-electron chi connectivity index (χ0n) is 22.8. The Bertz CT molecular complexity index is 1000. The zero-order valence-corrected chi connectivity index (χ0v) is 22.8. The molecule has 0 bridgehead atoms. The molecule has 202 valence electrons. The van der Waals surface area contributed by atoms with Gasteiger partial charge in [-0.05, 0) is 63.3 Å². The third-order valence-corrected chi connectivity index (χ3v) is 5.29. The zero-order chi connectivity index (χ0) is 27.4. The van der Waals surface area contributed by atoms with E-state index in [0.717, 1.165) is 11.1 Å². The average molecular weight is 512 g/mol. The Morgan fingerprint density at radius 2 is 1.51 bits per heavy atom. The second-order valence-electron chi connectivity index (χ2n) is 10.4. The van der Waals surface area contributed by atoms with Gasteiger partial charge in [0.05, 0.1) is 0 Å². The summed E-state index contributed by atoms with van der Waals surface area (Å²) in [5.74, 6) is -0.111. The van der Waals surface area contributed by atoms with E-state index in [1.165, 1.54) is 0 Å². The highest BCUT2D eigenvalue weighted by molar-refractivity contribution is 5.90. The first kappa shape index (κ1) is 29.7. The Hall–Kier alpha value is -3.55. The lowest BCUT2D eigenvalue weighted by molar-refractivity contribution is -0.158. The molecule has 0 saturated carbocycles. The van der Waals surface area contributed by atoms with Crippen LogP contribution in [-0.2, 0) is 27.4 Å². The molecule has 0 aromatic heterocycles. The van der Waals surface area contributed by atoms with Gasteiger partial charge in [-0.15, -0.1) is 0 Å². The Kier molecular flexibility index (Phi) is 11.4. The van der Waals surface area contributed by atoms with E-state index in [0.29, 0.717) is 25.3 Å². The molecule has 2 rings (SSSR count). The minimum atomic E-state index is -0.923. The number of amides is 3. The Labute approximate surface area is 220 Å². The fourth-order valence-corrected chi connectivity index (χ4v) is 3.61. The van der Waals surface area contributed by atoms with Crippen LogP contribution >= 0.6 is 0 Å². The molecule has 8 heteroatoms. The highest BCUT2D eigenvalue weighted by Crippen LogP contribution is 2.17. The van der Waals surface area contributed by atoms with Gasteiger partial charge in [-0.25, -0.2) is 9.59 Å². The van der Waals surface area contributed by atoms with Crippen LogP contribution in [-0.4, -0.2) is 42.1 Å². The first-order valence-electron chi connectivity index (χ1n) is 12.8. The molecule has 0 aliphatic carbocycles. The first-order valence-corrected chi connectivity index (χ1v) is 12.8. The second kappa shape index (κ2) is 14.3. The number of nitrogens with one attached hydrogen (secondary N) is 3. The number of ether oxygens (including phenoxy) is 2. The van der Waals surface area contributed by atoms with E-state index in [1.807, 2.05) is 68.4 Å². The standard InChI is InChI=1S/C29H41N3O5/c1-7-30-28(35)32-24(17-20(2)3)26(33)31-25(27(34)37-29(4,5)6)18-21-13-15-23(16-14-21)36-19-22-11-9-8-10-12-22/h8-16,20,24-25H,7,17-19H2,1-6H3,(H,31,33)(H2,30,32,35)/t24-,25-/m0/s1. The smallest absolute Gasteiger partial charge is 0.329 e. The lowest BCUT2D eigenvalue weighted by Crippen LogP contribution is -2.55. The molecule has 3 N–H and O–H groups in total. The molecular formula is C29H41N3O5. The summed E-state index contributed by atoms with van der Waals surface area (Å²) in [6.07, 6.45) is 0.659. The molecule has 0 aliphatic heterocycles. The van der Waals surface area contributed by atoms with Crippen molar-refractivity contribution in [3.05, 3.63) is 65.7 Å². The third kappa shape index (κ3) is 11.4. The van der Waals surface area contributed by atoms with Crippen LogP contribution in [0.1, 0.15) is 59.1 Å². The maximum absolute atomic E-state index is 13.2. The predicted molar refractivity (Wildman–Crippen MR) is 144 cm³/mol. The fraction of sp³-hybridized carbons (Fsp3) is 0.483. The minimum absolute atomic E-state index is 0.154. The van der Waals surface area contributed by atoms with Gasteiger partial charge in [-0.1, -0.05) is 56.3 Å². The second-order valence-corrected chi connectivity index (χ2v) is 10.4. The minimum Gasteiger partial charge on any atom is -0.489 e. The van der Waals surface area contributed by atoms with Crippen LogP contribution < -0.4 is 20.7 Å². The van der Waals surface area contributed by atoms with Crippen molar-refractivity contribution in [1.29, 1.82) is 0 Å². The molecule has 0 heterocycles. The largest absolute Gasteiger partial charge is 0.489 e. The Morgan fingerprint density at radius 3 is 2.08 bits per heavy atom. The van der Waals surface area contributed by atoms with Gasteiger partial charge >= 0.3 is 12.0 Å². The molecule has 0 spiro atoms. The van der Waals surface area contributed by atoms with Gasteiger partial charge in [-0.2, -0.15) is 0 Å². The topological polar surface area (TPSA) is 106 Å². The van der Waals surface area contributed by atoms with Crippen molar-refractivity contribution in [2.45, 2.75) is 78.7 Å². The maximum Gasteiger partial charge on any atom is 0.329 e. The fourth-order valence-electron chi connectivity index (χ4n) is 3.61. The van der Waals surface area contributed by atoms with Crippen molar-refractivity contribution in [3.63, 3.8) is 0 Å². The molecule has 0 fully saturated rings. The summed E-state index contributed by atoms with van der Waals surface area (Å²) >= 11 is 0. The van der Waals surface area contributed by atoms with Gasteiger partial charge in [0.1, 0.15) is 30.0 Å². The number of benzene rings is 2. The normalized spacial score (nSPS) is 12.8. The molecule has 2 atom stereocenters. The summed E-state index contributed by atoms with van der Waals surface area (Å²) in [6.45, 7) is 12.0. The molecule has 0 radical (unpaired) electrons. The summed E-state index contributed by atoms with van der Waals surface area (Å²) in [7, 11) is 0. The van der Waals surface area contributed by atoms with Crippen LogP contribution in [0.2, 0.25) is 0 Å². The quantitative estimate of drug-likeness (QED) is 0.367. The number of rotatable bonds is 12. The number of hydrogen-bond donors (Lipinski definition) is 3. The Balaban J connectivity index is 2.13. The summed E-state index contributed by atoms with van der Waals surface area (Å²) in [6, 6.07) is 15.1. The van der Waals surface area contributed by atoms with Crippen molar-refractivity contribution in [1.82, 2.24) is 16.0 Å². The van der Waals surface area contributed by atoms with Crippen molar-refractivity contribution < 1.29 is 23.9 Å². The molecule has 37 heavy (non-hydrogen) atoms. The van der Waals surface area contributed by atoms with Gasteiger partial charge in [0.15, 0.2) is 0 Å². The van der Waals surface area contributed by atoms with Gasteiger partial charge in [-0.3, -0.25) is 4.79 Å². The highest BCUT2D eigenvalue weighted by atomic mass is 16.6. The van der Waals surface area contributed by atoms with Gasteiger partial charge in [0, 0.05) is 13.0 Å². The van der Waals surface area contributed by atoms with Crippen LogP contribution in [0.3, 0.4) is 0 Å². The van der Waals surface area contributed by atoms with Crippen LogP contribution in [0.4, 0.5) is 4.79 Å². The summed E-state index contributed by atoms with van der Waals surface area (Å²) in [4.78, 5) is 38.3.